The number of nitrogens with zero attached hydrogens (tertiary/aromatic N) is 2. The Morgan fingerprint density at radius 2 is 2.00 bits per heavy atom. The van der Waals surface area contributed by atoms with Crippen LogP contribution in [0.15, 0.2) is 23.2 Å². The predicted octanol–water partition coefficient (Wildman–Crippen LogP) is 1.44. The molecule has 0 radical (unpaired) electrons. The second-order valence-corrected chi connectivity index (χ2v) is 6.79. The van der Waals surface area contributed by atoms with Crippen LogP contribution in [0.3, 0.4) is 0 Å². The molecule has 2 fully saturated rings. The SMILES string of the molecule is O=S(=O)(c1cccnc1NC1CC1)N1CCCC1. The average molecular weight is 267 g/mol. The predicted molar refractivity (Wildman–Crippen MR) is 68.9 cm³/mol. The Morgan fingerprint density at radius 3 is 2.67 bits per heavy atom. The molecule has 0 unspecified atom stereocenters. The van der Waals surface area contributed by atoms with E-state index in [0.29, 0.717) is 29.8 Å². The van der Waals surface area contributed by atoms with Gasteiger partial charge in [-0.1, -0.05) is 0 Å². The third-order valence-electron chi connectivity index (χ3n) is 3.37. The maximum Gasteiger partial charge on any atom is 0.246 e. The van der Waals surface area contributed by atoms with E-state index in [9.17, 15) is 8.42 Å². The Hall–Kier alpha value is -1.14. The number of rotatable bonds is 4. The molecule has 98 valence electrons. The second kappa shape index (κ2) is 4.51. The van der Waals surface area contributed by atoms with Crippen LogP contribution in [0, 0.1) is 0 Å². The van der Waals surface area contributed by atoms with E-state index in [1.54, 1.807) is 22.6 Å². The summed E-state index contributed by atoms with van der Waals surface area (Å²) in [6.07, 6.45) is 5.73. The Balaban J connectivity index is 1.94. The number of pyridine rings is 1. The highest BCUT2D eigenvalue weighted by atomic mass is 32.2. The minimum absolute atomic E-state index is 0.318. The quantitative estimate of drug-likeness (QED) is 0.896. The van der Waals surface area contributed by atoms with Gasteiger partial charge in [0.25, 0.3) is 0 Å². The van der Waals surface area contributed by atoms with E-state index in [1.165, 1.54) is 0 Å². The average Bonchev–Trinajstić information content (AvgIpc) is 2.99. The third-order valence-corrected chi connectivity index (χ3v) is 5.30. The number of hydrogen-bond acceptors (Lipinski definition) is 4. The van der Waals surface area contributed by atoms with Crippen molar-refractivity contribution >= 4 is 15.8 Å². The minimum atomic E-state index is -3.38. The Labute approximate surface area is 107 Å². The molecular formula is C12H17N3O2S. The zero-order valence-electron chi connectivity index (χ0n) is 10.2. The maximum atomic E-state index is 12.5. The van der Waals surface area contributed by atoms with E-state index in [-0.39, 0.29) is 0 Å². The molecule has 1 saturated carbocycles. The molecular weight excluding hydrogens is 250 g/mol. The largest absolute Gasteiger partial charge is 0.366 e. The molecule has 1 aliphatic heterocycles. The monoisotopic (exact) mass is 267 g/mol. The van der Waals surface area contributed by atoms with Gasteiger partial charge in [0.15, 0.2) is 0 Å². The number of sulfonamides is 1. The first-order valence-corrected chi connectivity index (χ1v) is 7.83. The van der Waals surface area contributed by atoms with E-state index < -0.39 is 10.0 Å². The molecule has 5 nitrogen and oxygen atoms in total. The number of hydrogen-bond donors (Lipinski definition) is 1. The summed E-state index contributed by atoms with van der Waals surface area (Å²) >= 11 is 0. The van der Waals surface area contributed by atoms with Gasteiger partial charge in [-0.25, -0.2) is 13.4 Å². The molecule has 1 aliphatic carbocycles. The summed E-state index contributed by atoms with van der Waals surface area (Å²) in [5.41, 5.74) is 0. The lowest BCUT2D eigenvalue weighted by Crippen LogP contribution is -2.28. The fraction of sp³-hybridized carbons (Fsp3) is 0.583. The van der Waals surface area contributed by atoms with E-state index in [2.05, 4.69) is 10.3 Å². The summed E-state index contributed by atoms with van der Waals surface area (Å²) in [6, 6.07) is 3.72. The molecule has 0 amide bonds. The topological polar surface area (TPSA) is 62.3 Å². The molecule has 1 saturated heterocycles. The highest BCUT2D eigenvalue weighted by Gasteiger charge is 2.31. The highest BCUT2D eigenvalue weighted by molar-refractivity contribution is 7.89. The molecule has 3 rings (SSSR count). The first-order chi connectivity index (χ1) is 8.68. The smallest absolute Gasteiger partial charge is 0.246 e. The summed E-state index contributed by atoms with van der Waals surface area (Å²) in [5, 5.41) is 3.20. The van der Waals surface area contributed by atoms with Crippen LogP contribution in [-0.4, -0.2) is 36.8 Å². The number of aromatic nitrogens is 1. The van der Waals surface area contributed by atoms with Gasteiger partial charge in [-0.05, 0) is 37.8 Å². The molecule has 6 heteroatoms. The van der Waals surface area contributed by atoms with Crippen molar-refractivity contribution in [2.24, 2.45) is 0 Å². The van der Waals surface area contributed by atoms with Crippen molar-refractivity contribution in [3.8, 4) is 0 Å². The highest BCUT2D eigenvalue weighted by Crippen LogP contribution is 2.29. The van der Waals surface area contributed by atoms with Crippen LogP contribution < -0.4 is 5.32 Å². The van der Waals surface area contributed by atoms with Crippen LogP contribution in [0.5, 0.6) is 0 Å². The summed E-state index contributed by atoms with van der Waals surface area (Å²) < 4.78 is 26.6. The molecule has 0 atom stereocenters. The lowest BCUT2D eigenvalue weighted by molar-refractivity contribution is 0.477. The lowest BCUT2D eigenvalue weighted by atomic mass is 10.4. The van der Waals surface area contributed by atoms with Crippen LogP contribution in [0.2, 0.25) is 0 Å². The molecule has 2 aliphatic rings. The standard InChI is InChI=1S/C12H17N3O2S/c16-18(17,15-8-1-2-9-15)11-4-3-7-13-12(11)14-10-5-6-10/h3-4,7,10H,1-2,5-6,8-9H2,(H,13,14). The van der Waals surface area contributed by atoms with Crippen LogP contribution in [0.4, 0.5) is 5.82 Å². The molecule has 0 bridgehead atoms. The Kier molecular flexibility index (Phi) is 2.99. The van der Waals surface area contributed by atoms with Gasteiger partial charge >= 0.3 is 0 Å². The first-order valence-electron chi connectivity index (χ1n) is 6.39. The van der Waals surface area contributed by atoms with Gasteiger partial charge in [0.1, 0.15) is 10.7 Å². The minimum Gasteiger partial charge on any atom is -0.366 e. The van der Waals surface area contributed by atoms with Crippen molar-refractivity contribution in [3.63, 3.8) is 0 Å². The van der Waals surface area contributed by atoms with Crippen molar-refractivity contribution in [3.05, 3.63) is 18.3 Å². The number of anilines is 1. The summed E-state index contributed by atoms with van der Waals surface area (Å²) in [6.45, 7) is 1.25. The first kappa shape index (κ1) is 11.9. The molecule has 0 spiro atoms. The van der Waals surface area contributed by atoms with Gasteiger partial charge in [-0.2, -0.15) is 4.31 Å². The van der Waals surface area contributed by atoms with Crippen LogP contribution in [-0.2, 0) is 10.0 Å². The second-order valence-electron chi connectivity index (χ2n) is 4.88. The van der Waals surface area contributed by atoms with Gasteiger partial charge in [0.05, 0.1) is 0 Å². The Bertz CT molecular complexity index is 534. The van der Waals surface area contributed by atoms with Crippen molar-refractivity contribution in [2.75, 3.05) is 18.4 Å². The molecule has 1 N–H and O–H groups in total. The summed E-state index contributed by atoms with van der Waals surface area (Å²) in [5.74, 6) is 0.506. The van der Waals surface area contributed by atoms with Crippen LogP contribution in [0.25, 0.3) is 0 Å². The van der Waals surface area contributed by atoms with E-state index in [1.807, 2.05) is 0 Å². The fourth-order valence-electron chi connectivity index (χ4n) is 2.20. The zero-order chi connectivity index (χ0) is 12.6. The maximum absolute atomic E-state index is 12.5. The van der Waals surface area contributed by atoms with Crippen molar-refractivity contribution in [2.45, 2.75) is 36.6 Å². The molecule has 0 aromatic carbocycles. The van der Waals surface area contributed by atoms with Crippen LogP contribution in [0.1, 0.15) is 25.7 Å². The lowest BCUT2D eigenvalue weighted by Gasteiger charge is -2.17. The molecule has 2 heterocycles. The summed E-state index contributed by atoms with van der Waals surface area (Å²) in [7, 11) is -3.38. The van der Waals surface area contributed by atoms with E-state index >= 15 is 0 Å². The van der Waals surface area contributed by atoms with Crippen molar-refractivity contribution in [1.82, 2.24) is 9.29 Å². The van der Waals surface area contributed by atoms with E-state index in [0.717, 1.165) is 25.7 Å². The van der Waals surface area contributed by atoms with Gasteiger partial charge < -0.3 is 5.32 Å². The van der Waals surface area contributed by atoms with Gasteiger partial charge in [0, 0.05) is 25.3 Å². The third kappa shape index (κ3) is 2.22. The van der Waals surface area contributed by atoms with Crippen LogP contribution >= 0.6 is 0 Å². The molecule has 1 aromatic heterocycles. The summed E-state index contributed by atoms with van der Waals surface area (Å²) in [4.78, 5) is 4.50. The van der Waals surface area contributed by atoms with Crippen molar-refractivity contribution < 1.29 is 8.42 Å². The zero-order valence-corrected chi connectivity index (χ0v) is 11.0. The Morgan fingerprint density at radius 1 is 1.28 bits per heavy atom. The van der Waals surface area contributed by atoms with Gasteiger partial charge in [-0.15, -0.1) is 0 Å². The van der Waals surface area contributed by atoms with Crippen molar-refractivity contribution in [1.29, 1.82) is 0 Å². The van der Waals surface area contributed by atoms with Gasteiger partial charge in [0.2, 0.25) is 10.0 Å². The van der Waals surface area contributed by atoms with Gasteiger partial charge in [-0.3, -0.25) is 0 Å². The van der Waals surface area contributed by atoms with E-state index in [4.69, 9.17) is 0 Å². The molecule has 18 heavy (non-hydrogen) atoms. The fourth-order valence-corrected chi connectivity index (χ4v) is 3.82. The number of nitrogens with one attached hydrogen (secondary N) is 1. The normalized spacial score (nSPS) is 21.1. The molecule has 1 aromatic rings.